The zero-order valence-corrected chi connectivity index (χ0v) is 18.3. The van der Waals surface area contributed by atoms with Crippen molar-refractivity contribution in [2.75, 3.05) is 13.2 Å². The van der Waals surface area contributed by atoms with Crippen LogP contribution >= 0.6 is 11.3 Å². The highest BCUT2D eigenvalue weighted by atomic mass is 32.1. The fourth-order valence-electron chi connectivity index (χ4n) is 4.19. The Balaban J connectivity index is 1.78. The maximum absolute atomic E-state index is 10.7. The summed E-state index contributed by atoms with van der Waals surface area (Å²) in [4.78, 5) is 7.22. The number of hydrogen-bond donors (Lipinski definition) is 1. The fraction of sp³-hybridized carbons (Fsp3) is 0.458. The molecule has 0 radical (unpaired) electrons. The predicted molar refractivity (Wildman–Crippen MR) is 123 cm³/mol. The Morgan fingerprint density at radius 3 is 2.93 bits per heavy atom. The number of aliphatic imine (C=N–C) groups is 1. The van der Waals surface area contributed by atoms with Crippen molar-refractivity contribution in [3.05, 3.63) is 42.0 Å². The third-order valence-electron chi connectivity index (χ3n) is 5.66. The molecule has 0 aliphatic carbocycles. The molecule has 1 aromatic heterocycles. The van der Waals surface area contributed by atoms with Gasteiger partial charge in [0.2, 0.25) is 0 Å². The SMILES string of the molecule is C=C(C)CC1=Nc2sc3c(O)cc(CCCC)cc3c2C(=C)N1CC1CCCO1. The zero-order valence-electron chi connectivity index (χ0n) is 17.5. The normalized spacial score (nSPS) is 19.0. The molecule has 154 valence electrons. The van der Waals surface area contributed by atoms with E-state index < -0.39 is 0 Å². The van der Waals surface area contributed by atoms with Gasteiger partial charge < -0.3 is 14.7 Å². The van der Waals surface area contributed by atoms with Gasteiger partial charge in [0.25, 0.3) is 0 Å². The fourth-order valence-corrected chi connectivity index (χ4v) is 5.30. The van der Waals surface area contributed by atoms with E-state index in [-0.39, 0.29) is 6.10 Å². The molecule has 1 atom stereocenters. The highest BCUT2D eigenvalue weighted by molar-refractivity contribution is 7.23. The van der Waals surface area contributed by atoms with Gasteiger partial charge in [-0.1, -0.05) is 32.1 Å². The van der Waals surface area contributed by atoms with E-state index in [9.17, 15) is 5.11 Å². The van der Waals surface area contributed by atoms with Crippen molar-refractivity contribution in [1.82, 2.24) is 4.90 Å². The Morgan fingerprint density at radius 2 is 2.24 bits per heavy atom. The summed E-state index contributed by atoms with van der Waals surface area (Å²) in [5.41, 5.74) is 4.26. The Bertz CT molecular complexity index is 982. The Kier molecular flexibility index (Phi) is 5.79. The van der Waals surface area contributed by atoms with Gasteiger partial charge >= 0.3 is 0 Å². The molecule has 2 aliphatic rings. The molecule has 4 nitrogen and oxygen atoms in total. The summed E-state index contributed by atoms with van der Waals surface area (Å²) in [5, 5.41) is 12.7. The van der Waals surface area contributed by atoms with Crippen molar-refractivity contribution >= 4 is 38.0 Å². The second-order valence-electron chi connectivity index (χ2n) is 8.23. The summed E-state index contributed by atoms with van der Waals surface area (Å²) < 4.78 is 6.80. The van der Waals surface area contributed by atoms with Crippen LogP contribution in [0.2, 0.25) is 0 Å². The van der Waals surface area contributed by atoms with Crippen LogP contribution in [0.5, 0.6) is 5.75 Å². The largest absolute Gasteiger partial charge is 0.506 e. The summed E-state index contributed by atoms with van der Waals surface area (Å²) in [7, 11) is 0. The topological polar surface area (TPSA) is 45.1 Å². The van der Waals surface area contributed by atoms with Gasteiger partial charge in [0.1, 0.15) is 16.6 Å². The summed E-state index contributed by atoms with van der Waals surface area (Å²) in [5.74, 6) is 1.32. The van der Waals surface area contributed by atoms with E-state index in [4.69, 9.17) is 9.73 Å². The van der Waals surface area contributed by atoms with Crippen LogP contribution in [0.15, 0.2) is 35.9 Å². The van der Waals surface area contributed by atoms with Crippen LogP contribution < -0.4 is 0 Å². The number of amidine groups is 1. The highest BCUT2D eigenvalue weighted by Gasteiger charge is 2.31. The van der Waals surface area contributed by atoms with Gasteiger partial charge in [0, 0.05) is 29.7 Å². The first kappa shape index (κ1) is 20.2. The lowest BCUT2D eigenvalue weighted by Crippen LogP contribution is -2.37. The van der Waals surface area contributed by atoms with Gasteiger partial charge in [0.15, 0.2) is 0 Å². The second kappa shape index (κ2) is 8.33. The molecule has 1 fully saturated rings. The molecule has 1 saturated heterocycles. The molecular formula is C24H30N2O2S. The molecule has 3 heterocycles. The number of ether oxygens (including phenoxy) is 1. The van der Waals surface area contributed by atoms with Crippen molar-refractivity contribution in [3.63, 3.8) is 0 Å². The lowest BCUT2D eigenvalue weighted by atomic mass is 10.0. The van der Waals surface area contributed by atoms with Crippen LogP contribution in [0.25, 0.3) is 15.8 Å². The molecule has 0 bridgehead atoms. The summed E-state index contributed by atoms with van der Waals surface area (Å²) >= 11 is 1.55. The third kappa shape index (κ3) is 3.99. The number of hydrogen-bond acceptors (Lipinski definition) is 5. The molecule has 0 saturated carbocycles. The number of rotatable bonds is 7. The van der Waals surface area contributed by atoms with Crippen LogP contribution in [-0.2, 0) is 11.2 Å². The van der Waals surface area contributed by atoms with Crippen molar-refractivity contribution < 1.29 is 9.84 Å². The molecule has 29 heavy (non-hydrogen) atoms. The minimum Gasteiger partial charge on any atom is -0.506 e. The summed E-state index contributed by atoms with van der Waals surface area (Å²) in [6.45, 7) is 14.4. The number of nitrogens with zero attached hydrogens (tertiary/aromatic N) is 2. The van der Waals surface area contributed by atoms with E-state index in [0.717, 1.165) is 83.0 Å². The maximum Gasteiger partial charge on any atom is 0.133 e. The number of phenols is 1. The number of fused-ring (bicyclic) bond motifs is 3. The molecule has 1 aromatic carbocycles. The first-order valence-electron chi connectivity index (χ1n) is 10.6. The van der Waals surface area contributed by atoms with Crippen molar-refractivity contribution in [2.24, 2.45) is 4.99 Å². The van der Waals surface area contributed by atoms with Gasteiger partial charge in [-0.25, -0.2) is 4.99 Å². The highest BCUT2D eigenvalue weighted by Crippen LogP contribution is 2.48. The van der Waals surface area contributed by atoms with Crippen molar-refractivity contribution in [1.29, 1.82) is 0 Å². The van der Waals surface area contributed by atoms with Gasteiger partial charge in [-0.15, -0.1) is 11.3 Å². The molecule has 1 N–H and O–H groups in total. The van der Waals surface area contributed by atoms with Crippen molar-refractivity contribution in [3.8, 4) is 5.75 Å². The van der Waals surface area contributed by atoms with E-state index in [1.54, 1.807) is 11.3 Å². The molecule has 2 aliphatic heterocycles. The summed E-state index contributed by atoms with van der Waals surface area (Å²) in [6.07, 6.45) is 6.33. The van der Waals surface area contributed by atoms with E-state index in [1.165, 1.54) is 5.56 Å². The standard InChI is InChI=1S/C24H30N2O2S/c1-5-6-8-17-12-19-22-16(4)26(14-18-9-7-10-28-18)21(11-15(2)3)25-24(22)29-23(19)20(27)13-17/h12-13,18,27H,2,4-11,14H2,1,3H3. The van der Waals surface area contributed by atoms with E-state index >= 15 is 0 Å². The first-order valence-corrected chi connectivity index (χ1v) is 11.4. The monoisotopic (exact) mass is 410 g/mol. The van der Waals surface area contributed by atoms with E-state index in [1.807, 2.05) is 13.0 Å². The van der Waals surface area contributed by atoms with Gasteiger partial charge in [-0.3, -0.25) is 0 Å². The molecule has 0 amide bonds. The molecule has 2 aromatic rings. The van der Waals surface area contributed by atoms with Gasteiger partial charge in [0.05, 0.1) is 17.3 Å². The van der Waals surface area contributed by atoms with Gasteiger partial charge in [-0.2, -0.15) is 0 Å². The zero-order chi connectivity index (χ0) is 20.5. The molecule has 0 spiro atoms. The minimum absolute atomic E-state index is 0.210. The molecular weight excluding hydrogens is 380 g/mol. The van der Waals surface area contributed by atoms with Crippen molar-refractivity contribution in [2.45, 2.75) is 58.5 Å². The average Bonchev–Trinajstić information content (AvgIpc) is 3.30. The predicted octanol–water partition coefficient (Wildman–Crippen LogP) is 6.41. The second-order valence-corrected chi connectivity index (χ2v) is 9.23. The van der Waals surface area contributed by atoms with Crippen LogP contribution in [-0.4, -0.2) is 35.1 Å². The Morgan fingerprint density at radius 1 is 1.41 bits per heavy atom. The Hall–Kier alpha value is -2.11. The molecule has 5 heteroatoms. The van der Waals surface area contributed by atoms with E-state index in [0.29, 0.717) is 12.2 Å². The Labute approximate surface area is 177 Å². The van der Waals surface area contributed by atoms with E-state index in [2.05, 4.69) is 31.0 Å². The number of aromatic hydroxyl groups is 1. The number of aryl methyl sites for hydroxylation is 1. The third-order valence-corrected chi connectivity index (χ3v) is 6.78. The lowest BCUT2D eigenvalue weighted by Gasteiger charge is -2.33. The average molecular weight is 411 g/mol. The lowest BCUT2D eigenvalue weighted by molar-refractivity contribution is 0.100. The maximum atomic E-state index is 10.7. The number of thiophene rings is 1. The quantitative estimate of drug-likeness (QED) is 0.536. The van der Waals surface area contributed by atoms with Crippen LogP contribution in [0.1, 0.15) is 57.1 Å². The van der Waals surface area contributed by atoms with Gasteiger partial charge in [-0.05, 0) is 50.3 Å². The molecule has 4 rings (SSSR count). The first-order chi connectivity index (χ1) is 14.0. The number of unbranched alkanes of at least 4 members (excludes halogenated alkanes) is 1. The number of phenolic OH excluding ortho intramolecular Hbond substituents is 1. The molecule has 1 unspecified atom stereocenters. The van der Waals surface area contributed by atoms with Crippen LogP contribution in [0, 0.1) is 0 Å². The summed E-state index contributed by atoms with van der Waals surface area (Å²) in [6, 6.07) is 4.13. The van der Waals surface area contributed by atoms with Crippen LogP contribution in [0.3, 0.4) is 0 Å². The van der Waals surface area contributed by atoms with Crippen LogP contribution in [0.4, 0.5) is 5.00 Å². The number of benzene rings is 1. The minimum atomic E-state index is 0.210. The smallest absolute Gasteiger partial charge is 0.133 e.